The average molecular weight is 256 g/mol. The lowest BCUT2D eigenvalue weighted by molar-refractivity contribution is 0.229. The van der Waals surface area contributed by atoms with E-state index in [9.17, 15) is 0 Å². The lowest BCUT2D eigenvalue weighted by atomic mass is 9.81. The highest BCUT2D eigenvalue weighted by molar-refractivity contribution is 4.81. The van der Waals surface area contributed by atoms with Crippen LogP contribution in [0.3, 0.4) is 0 Å². The number of hydrogen-bond acceptors (Lipinski definition) is 2. The predicted octanol–water partition coefficient (Wildman–Crippen LogP) is 3.95. The molecular formula is C16H36N2. The van der Waals surface area contributed by atoms with Crippen molar-refractivity contribution in [2.75, 3.05) is 19.6 Å². The van der Waals surface area contributed by atoms with E-state index in [0.29, 0.717) is 10.8 Å². The van der Waals surface area contributed by atoms with E-state index < -0.39 is 0 Å². The normalized spacial score (nSPS) is 13.0. The molecule has 0 aliphatic heterocycles. The van der Waals surface area contributed by atoms with Crippen molar-refractivity contribution in [3.05, 3.63) is 0 Å². The molecule has 0 fully saturated rings. The van der Waals surface area contributed by atoms with Crippen LogP contribution < -0.4 is 11.1 Å². The summed E-state index contributed by atoms with van der Waals surface area (Å²) in [7, 11) is 0. The van der Waals surface area contributed by atoms with Gasteiger partial charge < -0.3 is 11.1 Å². The number of hydrogen-bond donors (Lipinski definition) is 2. The van der Waals surface area contributed by atoms with Crippen LogP contribution in [0.2, 0.25) is 0 Å². The Bertz CT molecular complexity index is 187. The standard InChI is InChI=1S/C16H36N2/c1-6-9-10-11-15(4,5)13-18-14-16(7-2,8-3)12-17/h18H,6-14,17H2,1-5H3. The summed E-state index contributed by atoms with van der Waals surface area (Å²) in [4.78, 5) is 0. The van der Waals surface area contributed by atoms with Crippen LogP contribution in [0.15, 0.2) is 0 Å². The second-order valence-corrected chi connectivity index (χ2v) is 6.64. The monoisotopic (exact) mass is 256 g/mol. The summed E-state index contributed by atoms with van der Waals surface area (Å²) in [5.74, 6) is 0. The highest BCUT2D eigenvalue weighted by Crippen LogP contribution is 2.26. The third-order valence-corrected chi connectivity index (χ3v) is 4.49. The lowest BCUT2D eigenvalue weighted by Crippen LogP contribution is -2.42. The van der Waals surface area contributed by atoms with E-state index in [1.807, 2.05) is 0 Å². The molecule has 0 aromatic rings. The van der Waals surface area contributed by atoms with Gasteiger partial charge in [-0.2, -0.15) is 0 Å². The molecule has 3 N–H and O–H groups in total. The van der Waals surface area contributed by atoms with Gasteiger partial charge in [-0.3, -0.25) is 0 Å². The third-order valence-electron chi connectivity index (χ3n) is 4.49. The third kappa shape index (κ3) is 6.75. The van der Waals surface area contributed by atoms with Crippen molar-refractivity contribution in [2.24, 2.45) is 16.6 Å². The van der Waals surface area contributed by atoms with Crippen LogP contribution in [-0.2, 0) is 0 Å². The number of nitrogens with one attached hydrogen (secondary N) is 1. The van der Waals surface area contributed by atoms with Gasteiger partial charge in [-0.05, 0) is 36.6 Å². The molecule has 0 aliphatic carbocycles. The molecule has 0 saturated carbocycles. The maximum absolute atomic E-state index is 5.94. The first-order valence-corrected chi connectivity index (χ1v) is 7.86. The molecule has 0 unspecified atom stereocenters. The Labute approximate surface area is 115 Å². The molecule has 18 heavy (non-hydrogen) atoms. The van der Waals surface area contributed by atoms with Gasteiger partial charge in [0.2, 0.25) is 0 Å². The van der Waals surface area contributed by atoms with Crippen molar-refractivity contribution in [2.45, 2.75) is 73.1 Å². The van der Waals surface area contributed by atoms with Gasteiger partial charge in [0, 0.05) is 13.1 Å². The van der Waals surface area contributed by atoms with E-state index in [1.165, 1.54) is 38.5 Å². The van der Waals surface area contributed by atoms with E-state index in [1.54, 1.807) is 0 Å². The van der Waals surface area contributed by atoms with E-state index >= 15 is 0 Å². The topological polar surface area (TPSA) is 38.0 Å². The van der Waals surface area contributed by atoms with Gasteiger partial charge in [0.15, 0.2) is 0 Å². The first kappa shape index (κ1) is 17.9. The van der Waals surface area contributed by atoms with Crippen LogP contribution in [0.4, 0.5) is 0 Å². The summed E-state index contributed by atoms with van der Waals surface area (Å²) in [6.45, 7) is 14.5. The Hall–Kier alpha value is -0.0800. The van der Waals surface area contributed by atoms with Gasteiger partial charge in [0.1, 0.15) is 0 Å². The maximum atomic E-state index is 5.94. The smallest absolute Gasteiger partial charge is 0.00199 e. The highest BCUT2D eigenvalue weighted by atomic mass is 14.9. The molecule has 0 spiro atoms. The van der Waals surface area contributed by atoms with Gasteiger partial charge in [-0.1, -0.05) is 53.9 Å². The summed E-state index contributed by atoms with van der Waals surface area (Å²) >= 11 is 0. The van der Waals surface area contributed by atoms with Crippen LogP contribution >= 0.6 is 0 Å². The molecule has 0 aromatic carbocycles. The molecule has 0 saturated heterocycles. The minimum atomic E-state index is 0.305. The van der Waals surface area contributed by atoms with Gasteiger partial charge in [-0.15, -0.1) is 0 Å². The predicted molar refractivity (Wildman–Crippen MR) is 82.9 cm³/mol. The van der Waals surface area contributed by atoms with Gasteiger partial charge in [0.05, 0.1) is 0 Å². The van der Waals surface area contributed by atoms with Crippen molar-refractivity contribution in [3.8, 4) is 0 Å². The Morgan fingerprint density at radius 1 is 0.944 bits per heavy atom. The zero-order valence-corrected chi connectivity index (χ0v) is 13.4. The fraction of sp³-hybridized carbons (Fsp3) is 1.00. The SMILES string of the molecule is CCCCCC(C)(C)CNCC(CC)(CC)CN. The Morgan fingerprint density at radius 2 is 1.56 bits per heavy atom. The molecule has 0 heterocycles. The molecule has 110 valence electrons. The van der Waals surface area contributed by atoms with Gasteiger partial charge in [-0.25, -0.2) is 0 Å². The quantitative estimate of drug-likeness (QED) is 0.549. The van der Waals surface area contributed by atoms with Crippen molar-refractivity contribution in [1.29, 1.82) is 0 Å². The number of rotatable bonds is 11. The summed E-state index contributed by atoms with van der Waals surface area (Å²) in [5, 5.41) is 3.67. The van der Waals surface area contributed by atoms with Crippen LogP contribution in [0, 0.1) is 10.8 Å². The maximum Gasteiger partial charge on any atom is 0.00199 e. The molecule has 0 amide bonds. The fourth-order valence-electron chi connectivity index (χ4n) is 2.47. The van der Waals surface area contributed by atoms with E-state index in [0.717, 1.165) is 19.6 Å². The van der Waals surface area contributed by atoms with Crippen molar-refractivity contribution < 1.29 is 0 Å². The summed E-state index contributed by atoms with van der Waals surface area (Å²) in [5.41, 5.74) is 6.66. The van der Waals surface area contributed by atoms with Gasteiger partial charge >= 0.3 is 0 Å². The van der Waals surface area contributed by atoms with Crippen LogP contribution in [0.5, 0.6) is 0 Å². The Kier molecular flexibility index (Phi) is 8.89. The van der Waals surface area contributed by atoms with E-state index in [4.69, 9.17) is 5.73 Å². The zero-order valence-electron chi connectivity index (χ0n) is 13.4. The Balaban J connectivity index is 4.00. The van der Waals surface area contributed by atoms with Gasteiger partial charge in [0.25, 0.3) is 0 Å². The van der Waals surface area contributed by atoms with Crippen molar-refractivity contribution in [1.82, 2.24) is 5.32 Å². The van der Waals surface area contributed by atoms with E-state index in [2.05, 4.69) is 39.9 Å². The molecule has 0 atom stereocenters. The second-order valence-electron chi connectivity index (χ2n) is 6.64. The molecule has 2 nitrogen and oxygen atoms in total. The fourth-order valence-corrected chi connectivity index (χ4v) is 2.47. The Morgan fingerprint density at radius 3 is 2.00 bits per heavy atom. The minimum absolute atomic E-state index is 0.305. The van der Waals surface area contributed by atoms with Crippen LogP contribution in [0.1, 0.15) is 73.1 Å². The lowest BCUT2D eigenvalue weighted by Gasteiger charge is -2.33. The number of unbranched alkanes of at least 4 members (excludes halogenated alkanes) is 2. The summed E-state index contributed by atoms with van der Waals surface area (Å²) < 4.78 is 0. The minimum Gasteiger partial charge on any atom is -0.330 e. The average Bonchev–Trinajstić information content (AvgIpc) is 2.35. The van der Waals surface area contributed by atoms with Crippen molar-refractivity contribution >= 4 is 0 Å². The highest BCUT2D eigenvalue weighted by Gasteiger charge is 2.25. The molecule has 0 radical (unpaired) electrons. The second kappa shape index (κ2) is 8.92. The number of nitrogens with two attached hydrogens (primary N) is 1. The zero-order chi connectivity index (χ0) is 14.1. The van der Waals surface area contributed by atoms with E-state index in [-0.39, 0.29) is 0 Å². The largest absolute Gasteiger partial charge is 0.330 e. The summed E-state index contributed by atoms with van der Waals surface area (Å²) in [6, 6.07) is 0. The van der Waals surface area contributed by atoms with Crippen molar-refractivity contribution in [3.63, 3.8) is 0 Å². The molecule has 0 aliphatic rings. The molecule has 0 aromatic heterocycles. The molecule has 2 heteroatoms. The van der Waals surface area contributed by atoms with Crippen LogP contribution in [0.25, 0.3) is 0 Å². The van der Waals surface area contributed by atoms with Crippen LogP contribution in [-0.4, -0.2) is 19.6 Å². The molecule has 0 rings (SSSR count). The first-order chi connectivity index (χ1) is 8.45. The molecule has 0 bridgehead atoms. The first-order valence-electron chi connectivity index (χ1n) is 7.86. The summed E-state index contributed by atoms with van der Waals surface area (Å²) in [6.07, 6.45) is 7.69. The molecular weight excluding hydrogens is 220 g/mol.